The zero-order chi connectivity index (χ0) is 22.7. The fourth-order valence-electron chi connectivity index (χ4n) is 4.13. The van der Waals surface area contributed by atoms with E-state index in [0.29, 0.717) is 19.1 Å². The molecular formula is C24H31N5O2S. The normalized spacial score (nSPS) is 17.0. The predicted octanol–water partition coefficient (Wildman–Crippen LogP) is 3.09. The smallest absolute Gasteiger partial charge is 0.225 e. The predicted molar refractivity (Wildman–Crippen MR) is 130 cm³/mol. The Balaban J connectivity index is 1.42. The highest BCUT2D eigenvalue weighted by atomic mass is 32.2. The molecule has 2 heterocycles. The van der Waals surface area contributed by atoms with Crippen molar-refractivity contribution in [2.45, 2.75) is 19.4 Å². The van der Waals surface area contributed by atoms with Crippen molar-refractivity contribution >= 4 is 26.7 Å². The van der Waals surface area contributed by atoms with Gasteiger partial charge in [0.05, 0.1) is 11.4 Å². The third kappa shape index (κ3) is 4.92. The second-order valence-corrected chi connectivity index (χ2v) is 10.8. The lowest BCUT2D eigenvalue weighted by atomic mass is 10.1. The Labute approximate surface area is 190 Å². The third-order valence-electron chi connectivity index (χ3n) is 6.36. The maximum Gasteiger partial charge on any atom is 0.225 e. The molecule has 1 aromatic heterocycles. The highest BCUT2D eigenvalue weighted by Crippen LogP contribution is 2.25. The second-order valence-electron chi connectivity index (χ2n) is 8.40. The summed E-state index contributed by atoms with van der Waals surface area (Å²) in [4.78, 5) is 13.8. The van der Waals surface area contributed by atoms with Crippen LogP contribution in [-0.4, -0.2) is 79.7 Å². The largest absolute Gasteiger partial charge is 0.339 e. The molecule has 1 atom stereocenters. The number of likely N-dealkylation sites (N-methyl/N-ethyl adjacent to an activating group) is 2. The van der Waals surface area contributed by atoms with Gasteiger partial charge in [0.25, 0.3) is 0 Å². The van der Waals surface area contributed by atoms with Gasteiger partial charge in [-0.1, -0.05) is 36.4 Å². The number of anilines is 1. The molecule has 4 rings (SSSR count). The zero-order valence-electron chi connectivity index (χ0n) is 19.0. The zero-order valence-corrected chi connectivity index (χ0v) is 19.8. The summed E-state index contributed by atoms with van der Waals surface area (Å²) in [5.41, 5.74) is 2.00. The molecule has 1 aliphatic heterocycles. The first-order chi connectivity index (χ1) is 15.4. The van der Waals surface area contributed by atoms with E-state index in [1.165, 1.54) is 15.1 Å². The molecule has 0 radical (unpaired) electrons. The average molecular weight is 454 g/mol. The van der Waals surface area contributed by atoms with Crippen LogP contribution in [0.1, 0.15) is 13.3 Å². The van der Waals surface area contributed by atoms with E-state index in [-0.39, 0.29) is 5.75 Å². The van der Waals surface area contributed by atoms with E-state index in [4.69, 9.17) is 4.98 Å². The molecule has 8 heteroatoms. The lowest BCUT2D eigenvalue weighted by molar-refractivity contribution is 0.244. The van der Waals surface area contributed by atoms with Gasteiger partial charge in [-0.05, 0) is 43.3 Å². The number of fused-ring (bicyclic) bond motifs is 1. The number of hydrogen-bond donors (Lipinski definition) is 0. The van der Waals surface area contributed by atoms with E-state index in [2.05, 4.69) is 52.2 Å². The minimum absolute atomic E-state index is 0.134. The average Bonchev–Trinajstić information content (AvgIpc) is 3.32. The lowest BCUT2D eigenvalue weighted by Crippen LogP contribution is -2.41. The molecule has 7 nitrogen and oxygen atoms in total. The quantitative estimate of drug-likeness (QED) is 0.522. The van der Waals surface area contributed by atoms with Crippen LogP contribution in [0.4, 0.5) is 5.95 Å². The van der Waals surface area contributed by atoms with Gasteiger partial charge in [0.2, 0.25) is 16.0 Å². The molecule has 170 valence electrons. The van der Waals surface area contributed by atoms with Crippen molar-refractivity contribution in [2.75, 3.05) is 50.9 Å². The van der Waals surface area contributed by atoms with Crippen LogP contribution < -0.4 is 4.90 Å². The minimum atomic E-state index is -3.14. The van der Waals surface area contributed by atoms with Crippen LogP contribution in [0.2, 0.25) is 0 Å². The topological polar surface area (TPSA) is 69.6 Å². The molecule has 1 saturated heterocycles. The summed E-state index contributed by atoms with van der Waals surface area (Å²) < 4.78 is 25.4. The number of aromatic nitrogens is 2. The van der Waals surface area contributed by atoms with Crippen LogP contribution in [0.3, 0.4) is 0 Å². The van der Waals surface area contributed by atoms with Crippen molar-refractivity contribution in [3.8, 4) is 11.3 Å². The Morgan fingerprint density at radius 3 is 2.62 bits per heavy atom. The second kappa shape index (κ2) is 9.52. The van der Waals surface area contributed by atoms with Crippen LogP contribution >= 0.6 is 0 Å². The van der Waals surface area contributed by atoms with Crippen molar-refractivity contribution in [3.05, 3.63) is 54.7 Å². The van der Waals surface area contributed by atoms with E-state index in [1.54, 1.807) is 14.0 Å². The SMILES string of the molecule is CCS(=O)(=O)N(C)CCN(C)C1CCN(c2nccc(-c3ccc4ccccc4c3)n2)C1. The molecule has 0 aliphatic carbocycles. The summed E-state index contributed by atoms with van der Waals surface area (Å²) >= 11 is 0. The fraction of sp³-hybridized carbons (Fsp3) is 0.417. The van der Waals surface area contributed by atoms with Gasteiger partial charge in [0.1, 0.15) is 0 Å². The van der Waals surface area contributed by atoms with Crippen LogP contribution in [0.25, 0.3) is 22.0 Å². The maximum absolute atomic E-state index is 12.0. The molecule has 32 heavy (non-hydrogen) atoms. The molecule has 0 N–H and O–H groups in total. The summed E-state index contributed by atoms with van der Waals surface area (Å²) in [6.45, 7) is 4.60. The van der Waals surface area contributed by atoms with E-state index in [9.17, 15) is 8.42 Å². The molecule has 0 bridgehead atoms. The minimum Gasteiger partial charge on any atom is -0.339 e. The lowest BCUT2D eigenvalue weighted by Gasteiger charge is -2.26. The summed E-state index contributed by atoms with van der Waals surface area (Å²) in [7, 11) is 0.575. The molecule has 1 aliphatic rings. The highest BCUT2D eigenvalue weighted by Gasteiger charge is 2.28. The standard InChI is InChI=1S/C24H31N5O2S/c1-4-32(30,31)28(3)16-15-27(2)22-12-14-29(18-22)24-25-13-11-23(26-24)21-10-9-19-7-5-6-8-20(19)17-21/h5-11,13,17,22H,4,12,14-16,18H2,1-3H3. The molecule has 1 fully saturated rings. The Morgan fingerprint density at radius 1 is 1.06 bits per heavy atom. The van der Waals surface area contributed by atoms with E-state index >= 15 is 0 Å². The summed E-state index contributed by atoms with van der Waals surface area (Å²) in [6, 6.07) is 17.0. The van der Waals surface area contributed by atoms with Crippen molar-refractivity contribution in [3.63, 3.8) is 0 Å². The summed E-state index contributed by atoms with van der Waals surface area (Å²) in [6.07, 6.45) is 2.83. The number of hydrogen-bond acceptors (Lipinski definition) is 6. The van der Waals surface area contributed by atoms with Crippen molar-refractivity contribution < 1.29 is 8.42 Å². The number of benzene rings is 2. The van der Waals surface area contributed by atoms with Crippen LogP contribution in [0, 0.1) is 0 Å². The Kier molecular flexibility index (Phi) is 6.74. The third-order valence-corrected chi connectivity index (χ3v) is 8.23. The molecule has 0 spiro atoms. The highest BCUT2D eigenvalue weighted by molar-refractivity contribution is 7.89. The van der Waals surface area contributed by atoms with E-state index < -0.39 is 10.0 Å². The monoisotopic (exact) mass is 453 g/mol. The number of sulfonamides is 1. The molecule has 2 aromatic carbocycles. The van der Waals surface area contributed by atoms with Gasteiger partial charge in [-0.25, -0.2) is 22.7 Å². The van der Waals surface area contributed by atoms with Crippen molar-refractivity contribution in [2.24, 2.45) is 0 Å². The van der Waals surface area contributed by atoms with Crippen LogP contribution in [0.15, 0.2) is 54.7 Å². The van der Waals surface area contributed by atoms with Crippen molar-refractivity contribution in [1.82, 2.24) is 19.2 Å². The first-order valence-corrected chi connectivity index (χ1v) is 12.7. The summed E-state index contributed by atoms with van der Waals surface area (Å²) in [5, 5.41) is 2.41. The van der Waals surface area contributed by atoms with Crippen LogP contribution in [0.5, 0.6) is 0 Å². The van der Waals surface area contributed by atoms with Crippen molar-refractivity contribution in [1.29, 1.82) is 0 Å². The van der Waals surface area contributed by atoms with Gasteiger partial charge < -0.3 is 9.80 Å². The molecular weight excluding hydrogens is 422 g/mol. The molecule has 1 unspecified atom stereocenters. The molecule has 3 aromatic rings. The Bertz CT molecular complexity index is 1180. The first-order valence-electron chi connectivity index (χ1n) is 11.1. The van der Waals surface area contributed by atoms with Gasteiger partial charge >= 0.3 is 0 Å². The molecule has 0 saturated carbocycles. The Hall–Kier alpha value is -2.55. The van der Waals surface area contributed by atoms with E-state index in [0.717, 1.165) is 36.7 Å². The number of rotatable bonds is 8. The Morgan fingerprint density at radius 2 is 1.84 bits per heavy atom. The van der Waals surface area contributed by atoms with Gasteiger partial charge in [-0.2, -0.15) is 0 Å². The van der Waals surface area contributed by atoms with Gasteiger partial charge in [-0.15, -0.1) is 0 Å². The molecule has 0 amide bonds. The van der Waals surface area contributed by atoms with Gasteiger partial charge in [-0.3, -0.25) is 0 Å². The first kappa shape index (κ1) is 22.6. The van der Waals surface area contributed by atoms with Gasteiger partial charge in [0.15, 0.2) is 0 Å². The number of nitrogens with zero attached hydrogens (tertiary/aromatic N) is 5. The van der Waals surface area contributed by atoms with E-state index in [1.807, 2.05) is 24.4 Å². The maximum atomic E-state index is 12.0. The van der Waals surface area contributed by atoms with Gasteiger partial charge in [0, 0.05) is 51.0 Å². The van der Waals surface area contributed by atoms with Crippen LogP contribution in [-0.2, 0) is 10.0 Å². The summed E-state index contributed by atoms with van der Waals surface area (Å²) in [5.74, 6) is 0.882. The fourth-order valence-corrected chi connectivity index (χ4v) is 4.93.